The second-order valence-corrected chi connectivity index (χ2v) is 21.3. The molecule has 0 amide bonds. The Balaban J connectivity index is 0.000000208. The number of aromatic nitrogens is 2. The molecule has 0 spiro atoms. The van der Waals surface area contributed by atoms with Crippen molar-refractivity contribution in [3.8, 4) is 33.6 Å². The van der Waals surface area contributed by atoms with Crippen LogP contribution < -0.4 is 5.19 Å². The third-order valence-corrected chi connectivity index (χ3v) is 12.0. The maximum absolute atomic E-state index is 8.75. The SMILES string of the molecule is [2H]C([2H])(c1cc(-c2[c-]cccc2)ncc1[Si](C)(C)C)C(C)(C)C.[2H]C([2H])(c1ccccc1)c1ccnc(-c2[c-]ccc3c2sc2cc(-c4ccccc4)ccc23)c1.[Ir]. The first kappa shape index (κ1) is 34.0. The molecule has 1 radical (unpaired) electrons. The second-order valence-electron chi connectivity index (χ2n) is 15.2. The fourth-order valence-corrected chi connectivity index (χ4v) is 8.98. The van der Waals surface area contributed by atoms with Crippen molar-refractivity contribution in [2.75, 3.05) is 0 Å². The van der Waals surface area contributed by atoms with Gasteiger partial charge in [0.15, 0.2) is 0 Å². The van der Waals surface area contributed by atoms with Crippen molar-refractivity contribution in [2.45, 2.75) is 53.2 Å². The molecule has 2 nitrogen and oxygen atoms in total. The molecule has 54 heavy (non-hydrogen) atoms. The molecule has 0 aliphatic carbocycles. The van der Waals surface area contributed by atoms with Gasteiger partial charge in [-0.2, -0.15) is 11.3 Å². The zero-order chi connectivity index (χ0) is 40.6. The van der Waals surface area contributed by atoms with Crippen LogP contribution in [-0.2, 0) is 32.9 Å². The molecule has 3 heterocycles. The number of hydrogen-bond acceptors (Lipinski definition) is 3. The predicted octanol–water partition coefficient (Wildman–Crippen LogP) is 12.9. The Kier molecular flexibility index (Phi) is 10.6. The van der Waals surface area contributed by atoms with Crippen molar-refractivity contribution in [1.29, 1.82) is 0 Å². The molecule has 0 unspecified atom stereocenters. The number of rotatable bonds is 7. The van der Waals surface area contributed by atoms with Crippen molar-refractivity contribution in [3.63, 3.8) is 0 Å². The number of fused-ring (bicyclic) bond motifs is 3. The first-order valence-electron chi connectivity index (χ1n) is 20.0. The van der Waals surface area contributed by atoms with E-state index in [1.165, 1.54) is 26.6 Å². The largest absolute Gasteiger partial charge is 0.305 e. The first-order chi connectivity index (χ1) is 27.1. The molecule has 3 aromatic heterocycles. The van der Waals surface area contributed by atoms with E-state index in [9.17, 15) is 0 Å². The minimum atomic E-state index is -1.70. The van der Waals surface area contributed by atoms with Gasteiger partial charge in [0.1, 0.15) is 0 Å². The van der Waals surface area contributed by atoms with Gasteiger partial charge in [0.25, 0.3) is 0 Å². The molecule has 0 aliphatic rings. The maximum Gasteiger partial charge on any atom is 0.0798 e. The molecule has 0 bridgehead atoms. The van der Waals surface area contributed by atoms with Gasteiger partial charge < -0.3 is 9.97 Å². The molecule has 5 heteroatoms. The fraction of sp³-hybridized carbons (Fsp3) is 0.184. The molecule has 0 fully saturated rings. The van der Waals surface area contributed by atoms with Crippen LogP contribution in [0.25, 0.3) is 53.8 Å². The molecule has 8 aromatic rings. The molecular weight excluding hydrogens is 869 g/mol. The predicted molar refractivity (Wildman–Crippen MR) is 231 cm³/mol. The van der Waals surface area contributed by atoms with E-state index in [0.717, 1.165) is 38.0 Å². The average Bonchev–Trinajstić information content (AvgIpc) is 3.59. The first-order valence-corrected chi connectivity index (χ1v) is 22.3. The van der Waals surface area contributed by atoms with Gasteiger partial charge in [0.05, 0.1) is 8.07 Å². The van der Waals surface area contributed by atoms with Crippen molar-refractivity contribution in [2.24, 2.45) is 5.41 Å². The van der Waals surface area contributed by atoms with Crippen LogP contribution in [0.1, 0.15) is 42.9 Å². The standard InChI is InChI=1S/C30H20NS.C19H26NSi.Ir/c1-3-8-21(9-4-1)18-22-16-17-31-28(19-22)27-13-7-12-26-25-15-14-24(20-29(25)32-30(26)27)23-10-5-2-6-11-23;1-19(2,3)13-16-12-17(15-10-8-7-9-11-15)20-14-18(16)21(4,5)6;/h1-12,14-17,19-20H,18H2;7-10,12,14H,13H2,1-6H3;/q2*-1;/i18D2;13D2;. The molecule has 0 aliphatic heterocycles. The Hall–Kier alpha value is -4.51. The Bertz CT molecular complexity index is 2650. The molecule has 0 saturated heterocycles. The van der Waals surface area contributed by atoms with E-state index in [2.05, 4.69) is 90.3 Å². The summed E-state index contributed by atoms with van der Waals surface area (Å²) in [7, 11) is -1.70. The van der Waals surface area contributed by atoms with Crippen LogP contribution in [0.4, 0.5) is 0 Å². The average molecular weight is 919 g/mol. The summed E-state index contributed by atoms with van der Waals surface area (Å²) >= 11 is 1.74. The Morgan fingerprint density at radius 3 is 2.13 bits per heavy atom. The third-order valence-electron chi connectivity index (χ3n) is 8.83. The molecule has 8 rings (SSSR count). The van der Waals surface area contributed by atoms with Crippen molar-refractivity contribution in [3.05, 3.63) is 175 Å². The van der Waals surface area contributed by atoms with Crippen LogP contribution in [0.3, 0.4) is 0 Å². The van der Waals surface area contributed by atoms with Crippen LogP contribution in [-0.4, -0.2) is 18.0 Å². The van der Waals surface area contributed by atoms with Gasteiger partial charge in [-0.05, 0) is 79.2 Å². The van der Waals surface area contributed by atoms with E-state index < -0.39 is 26.2 Å². The van der Waals surface area contributed by atoms with Gasteiger partial charge in [-0.3, -0.25) is 0 Å². The molecule has 0 atom stereocenters. The second kappa shape index (κ2) is 16.9. The quantitative estimate of drug-likeness (QED) is 0.118. The number of benzene rings is 5. The van der Waals surface area contributed by atoms with Gasteiger partial charge in [0, 0.05) is 42.7 Å². The Morgan fingerprint density at radius 2 is 1.43 bits per heavy atom. The van der Waals surface area contributed by atoms with Crippen LogP contribution in [0.15, 0.2) is 146 Å². The fourth-order valence-electron chi connectivity index (χ4n) is 6.34. The molecule has 0 N–H and O–H groups in total. The van der Waals surface area contributed by atoms with Gasteiger partial charge in [-0.15, -0.1) is 59.7 Å². The third kappa shape index (κ3) is 9.40. The van der Waals surface area contributed by atoms with Crippen molar-refractivity contribution < 1.29 is 25.6 Å². The summed E-state index contributed by atoms with van der Waals surface area (Å²) in [5, 5.41) is 3.48. The number of pyridine rings is 2. The Labute approximate surface area is 345 Å². The van der Waals surface area contributed by atoms with Crippen LogP contribution in [0.2, 0.25) is 19.6 Å². The van der Waals surface area contributed by atoms with Gasteiger partial charge in [-0.1, -0.05) is 136 Å². The summed E-state index contributed by atoms with van der Waals surface area (Å²) in [5.74, 6) is 0. The normalized spacial score (nSPS) is 13.1. The van der Waals surface area contributed by atoms with Crippen LogP contribution >= 0.6 is 11.3 Å². The summed E-state index contributed by atoms with van der Waals surface area (Å²) in [4.78, 5) is 9.22. The van der Waals surface area contributed by atoms with E-state index >= 15 is 0 Å². The van der Waals surface area contributed by atoms with E-state index in [4.69, 9.17) is 5.48 Å². The molecular formula is C49H46IrN2SSi-2. The maximum atomic E-state index is 8.75. The van der Waals surface area contributed by atoms with E-state index in [0.29, 0.717) is 11.1 Å². The van der Waals surface area contributed by atoms with Gasteiger partial charge in [0.2, 0.25) is 0 Å². The number of nitrogens with zero attached hydrogens (tertiary/aromatic N) is 2. The monoisotopic (exact) mass is 919 g/mol. The van der Waals surface area contributed by atoms with Crippen molar-refractivity contribution >= 4 is 44.8 Å². The van der Waals surface area contributed by atoms with Crippen LogP contribution in [0, 0.1) is 17.5 Å². The summed E-state index contributed by atoms with van der Waals surface area (Å²) in [5.41, 5.74) is 7.24. The van der Waals surface area contributed by atoms with Gasteiger partial charge in [-0.25, -0.2) is 0 Å². The van der Waals surface area contributed by atoms with Crippen LogP contribution in [0.5, 0.6) is 0 Å². The van der Waals surface area contributed by atoms with E-state index in [1.807, 2.05) is 106 Å². The molecule has 273 valence electrons. The summed E-state index contributed by atoms with van der Waals surface area (Å²) in [6.07, 6.45) is 0.549. The molecule has 5 aromatic carbocycles. The minimum absolute atomic E-state index is 0. The van der Waals surface area contributed by atoms with E-state index in [-0.39, 0.29) is 20.1 Å². The summed E-state index contributed by atoms with van der Waals surface area (Å²) in [6, 6.07) is 50.2. The van der Waals surface area contributed by atoms with Crippen molar-refractivity contribution in [1.82, 2.24) is 9.97 Å². The summed E-state index contributed by atoms with van der Waals surface area (Å²) < 4.78 is 37.3. The summed E-state index contributed by atoms with van der Waals surface area (Å²) in [6.45, 7) is 12.6. The Morgan fingerprint density at radius 1 is 0.685 bits per heavy atom. The topological polar surface area (TPSA) is 25.8 Å². The zero-order valence-corrected chi connectivity index (χ0v) is 35.7. The minimum Gasteiger partial charge on any atom is -0.305 e. The molecule has 0 saturated carbocycles. The van der Waals surface area contributed by atoms with E-state index in [1.54, 1.807) is 23.6 Å². The van der Waals surface area contributed by atoms with Gasteiger partial charge >= 0.3 is 0 Å². The number of hydrogen-bond donors (Lipinski definition) is 0. The zero-order valence-electron chi connectivity index (χ0n) is 35.5. The number of thiophene rings is 1. The smallest absolute Gasteiger partial charge is 0.0798 e.